The first-order chi connectivity index (χ1) is 7.38. The molecule has 0 bridgehead atoms. The second-order valence-electron chi connectivity index (χ2n) is 3.82. The number of rotatable bonds is 4. The van der Waals surface area contributed by atoms with Crippen LogP contribution in [0.1, 0.15) is 31.9 Å². The molecule has 1 aromatic carbocycles. The van der Waals surface area contributed by atoms with Gasteiger partial charge >= 0.3 is 6.18 Å². The zero-order chi connectivity index (χ0) is 12.2. The minimum atomic E-state index is -4.17. The van der Waals surface area contributed by atoms with E-state index >= 15 is 0 Å². The largest absolute Gasteiger partial charge is 0.391 e. The average Bonchev–Trinajstić information content (AvgIpc) is 2.16. The van der Waals surface area contributed by atoms with Crippen molar-refractivity contribution in [2.24, 2.45) is 0 Å². The van der Waals surface area contributed by atoms with Crippen molar-refractivity contribution < 1.29 is 17.9 Å². The Balaban J connectivity index is 2.49. The highest BCUT2D eigenvalue weighted by Gasteiger charge is 2.31. The molecule has 1 aromatic rings. The van der Waals surface area contributed by atoms with Crippen molar-refractivity contribution in [2.45, 2.75) is 38.7 Å². The second kappa shape index (κ2) is 5.34. The number of hydrogen-bond donors (Lipinski definition) is 0. The van der Waals surface area contributed by atoms with Gasteiger partial charge in [-0.1, -0.05) is 30.3 Å². The number of benzene rings is 1. The molecule has 0 fully saturated rings. The molecule has 4 heteroatoms. The van der Waals surface area contributed by atoms with E-state index in [1.165, 1.54) is 6.92 Å². The minimum Gasteiger partial charge on any atom is -0.371 e. The first kappa shape index (κ1) is 13.0. The summed E-state index contributed by atoms with van der Waals surface area (Å²) < 4.78 is 41.5. The zero-order valence-corrected chi connectivity index (χ0v) is 9.29. The zero-order valence-electron chi connectivity index (χ0n) is 9.29. The van der Waals surface area contributed by atoms with Gasteiger partial charge in [0.2, 0.25) is 0 Å². The molecule has 0 saturated heterocycles. The highest BCUT2D eigenvalue weighted by Crippen LogP contribution is 2.26. The molecule has 0 aliphatic carbocycles. The van der Waals surface area contributed by atoms with E-state index in [0.29, 0.717) is 0 Å². The van der Waals surface area contributed by atoms with Crippen LogP contribution in [-0.4, -0.2) is 12.3 Å². The summed E-state index contributed by atoms with van der Waals surface area (Å²) in [6.45, 7) is 3.19. The Labute approximate surface area is 93.2 Å². The molecule has 0 N–H and O–H groups in total. The highest BCUT2D eigenvalue weighted by atomic mass is 19.4. The Hall–Kier alpha value is -1.03. The van der Waals surface area contributed by atoms with Gasteiger partial charge in [0.1, 0.15) is 0 Å². The second-order valence-corrected chi connectivity index (χ2v) is 3.82. The molecule has 0 aliphatic rings. The lowest BCUT2D eigenvalue weighted by molar-refractivity contribution is -0.164. The van der Waals surface area contributed by atoms with Gasteiger partial charge < -0.3 is 4.74 Å². The Morgan fingerprint density at radius 3 is 2.19 bits per heavy atom. The molecular weight excluding hydrogens is 217 g/mol. The van der Waals surface area contributed by atoms with Gasteiger partial charge in [-0.2, -0.15) is 13.2 Å². The molecule has 0 heterocycles. The van der Waals surface area contributed by atoms with Gasteiger partial charge in [-0.15, -0.1) is 0 Å². The maximum absolute atomic E-state index is 12.1. The number of hydrogen-bond acceptors (Lipinski definition) is 1. The smallest absolute Gasteiger partial charge is 0.371 e. The van der Waals surface area contributed by atoms with Crippen molar-refractivity contribution in [2.75, 3.05) is 0 Å². The van der Waals surface area contributed by atoms with E-state index in [1.807, 2.05) is 30.3 Å². The Bertz CT molecular complexity index is 308. The monoisotopic (exact) mass is 232 g/mol. The van der Waals surface area contributed by atoms with Crippen molar-refractivity contribution >= 4 is 0 Å². The molecular formula is C12H15F3O. The van der Waals surface area contributed by atoms with Crippen LogP contribution in [0.3, 0.4) is 0 Å². The molecule has 2 unspecified atom stereocenters. The van der Waals surface area contributed by atoms with Crippen LogP contribution in [0.5, 0.6) is 0 Å². The molecule has 0 spiro atoms. The normalized spacial score (nSPS) is 15.8. The quantitative estimate of drug-likeness (QED) is 0.759. The van der Waals surface area contributed by atoms with Crippen LogP contribution in [0.15, 0.2) is 30.3 Å². The third-order valence-corrected chi connectivity index (χ3v) is 2.22. The van der Waals surface area contributed by atoms with E-state index < -0.39 is 18.7 Å². The standard InChI is InChI=1S/C12H15F3O/c1-9(8-12(13,14)15)16-10(2)11-6-4-3-5-7-11/h3-7,9-10H,8H2,1-2H3. The molecule has 0 aromatic heterocycles. The fourth-order valence-electron chi connectivity index (χ4n) is 1.53. The summed E-state index contributed by atoms with van der Waals surface area (Å²) in [5, 5.41) is 0. The number of ether oxygens (including phenoxy) is 1. The molecule has 1 rings (SSSR count). The van der Waals surface area contributed by atoms with Gasteiger partial charge in [-0.3, -0.25) is 0 Å². The van der Waals surface area contributed by atoms with Gasteiger partial charge in [0, 0.05) is 0 Å². The van der Waals surface area contributed by atoms with E-state index in [9.17, 15) is 13.2 Å². The lowest BCUT2D eigenvalue weighted by atomic mass is 10.1. The SMILES string of the molecule is CC(CC(F)(F)F)OC(C)c1ccccc1. The van der Waals surface area contributed by atoms with Crippen molar-refractivity contribution in [1.82, 2.24) is 0 Å². The lowest BCUT2D eigenvalue weighted by Crippen LogP contribution is -2.20. The molecule has 0 saturated carbocycles. The molecule has 0 amide bonds. The van der Waals surface area contributed by atoms with Crippen LogP contribution in [-0.2, 0) is 4.74 Å². The Morgan fingerprint density at radius 1 is 1.12 bits per heavy atom. The summed E-state index contributed by atoms with van der Waals surface area (Å²) in [5.41, 5.74) is 0.886. The van der Waals surface area contributed by atoms with E-state index in [-0.39, 0.29) is 6.10 Å². The van der Waals surface area contributed by atoms with Crippen LogP contribution in [0.4, 0.5) is 13.2 Å². The van der Waals surface area contributed by atoms with Gasteiger partial charge in [0.05, 0.1) is 18.6 Å². The summed E-state index contributed by atoms with van der Waals surface area (Å²) in [5.74, 6) is 0. The van der Waals surface area contributed by atoms with E-state index in [2.05, 4.69) is 0 Å². The third-order valence-electron chi connectivity index (χ3n) is 2.22. The molecule has 0 radical (unpaired) electrons. The highest BCUT2D eigenvalue weighted by molar-refractivity contribution is 5.16. The maximum Gasteiger partial charge on any atom is 0.391 e. The van der Waals surface area contributed by atoms with Crippen LogP contribution in [0, 0.1) is 0 Å². The molecule has 0 aliphatic heterocycles. The van der Waals surface area contributed by atoms with Gasteiger partial charge in [-0.25, -0.2) is 0 Å². The molecule has 2 atom stereocenters. The Morgan fingerprint density at radius 2 is 1.69 bits per heavy atom. The topological polar surface area (TPSA) is 9.23 Å². The fourth-order valence-corrected chi connectivity index (χ4v) is 1.53. The third kappa shape index (κ3) is 4.66. The first-order valence-corrected chi connectivity index (χ1v) is 5.15. The van der Waals surface area contributed by atoms with Crippen LogP contribution < -0.4 is 0 Å². The first-order valence-electron chi connectivity index (χ1n) is 5.15. The average molecular weight is 232 g/mol. The summed E-state index contributed by atoms with van der Waals surface area (Å²) in [4.78, 5) is 0. The van der Waals surface area contributed by atoms with Gasteiger partial charge in [-0.05, 0) is 19.4 Å². The maximum atomic E-state index is 12.1. The van der Waals surface area contributed by atoms with Crippen molar-refractivity contribution in [1.29, 1.82) is 0 Å². The van der Waals surface area contributed by atoms with Crippen molar-refractivity contribution in [3.8, 4) is 0 Å². The van der Waals surface area contributed by atoms with Gasteiger partial charge in [0.25, 0.3) is 0 Å². The lowest BCUT2D eigenvalue weighted by Gasteiger charge is -2.20. The van der Waals surface area contributed by atoms with E-state index in [0.717, 1.165) is 5.56 Å². The fraction of sp³-hybridized carbons (Fsp3) is 0.500. The van der Waals surface area contributed by atoms with Crippen LogP contribution in [0.2, 0.25) is 0 Å². The van der Waals surface area contributed by atoms with Gasteiger partial charge in [0.15, 0.2) is 0 Å². The van der Waals surface area contributed by atoms with E-state index in [1.54, 1.807) is 6.92 Å². The molecule has 90 valence electrons. The summed E-state index contributed by atoms with van der Waals surface area (Å²) >= 11 is 0. The number of halogens is 3. The number of alkyl halides is 3. The predicted molar refractivity (Wildman–Crippen MR) is 56.1 cm³/mol. The van der Waals surface area contributed by atoms with Crippen LogP contribution in [0.25, 0.3) is 0 Å². The van der Waals surface area contributed by atoms with Crippen molar-refractivity contribution in [3.63, 3.8) is 0 Å². The van der Waals surface area contributed by atoms with Crippen molar-refractivity contribution in [3.05, 3.63) is 35.9 Å². The summed E-state index contributed by atoms with van der Waals surface area (Å²) in [7, 11) is 0. The molecule has 16 heavy (non-hydrogen) atoms. The van der Waals surface area contributed by atoms with Crippen LogP contribution >= 0.6 is 0 Å². The predicted octanol–water partition coefficient (Wildman–Crippen LogP) is 4.11. The minimum absolute atomic E-state index is 0.321. The van der Waals surface area contributed by atoms with E-state index in [4.69, 9.17) is 4.74 Å². The Kier molecular flexibility index (Phi) is 4.35. The summed E-state index contributed by atoms with van der Waals surface area (Å²) in [6.07, 6.45) is -6.23. The summed E-state index contributed by atoms with van der Waals surface area (Å²) in [6, 6.07) is 9.21. The molecule has 1 nitrogen and oxygen atoms in total.